The van der Waals surface area contributed by atoms with E-state index in [1.54, 1.807) is 23.9 Å². The Balaban J connectivity index is 1.50. The summed E-state index contributed by atoms with van der Waals surface area (Å²) in [7, 11) is 1.62. The SMILES string of the molecule is COc1ccc2sc(-n3nc(C)cc3NC(=O)c3cc4ccccc4o3)nc2c1. The molecule has 0 spiro atoms. The monoisotopic (exact) mass is 404 g/mol. The summed E-state index contributed by atoms with van der Waals surface area (Å²) >= 11 is 1.48. The molecule has 0 aliphatic carbocycles. The number of hydrogen-bond donors (Lipinski definition) is 1. The number of methoxy groups -OCH3 is 1. The molecule has 1 N–H and O–H groups in total. The maximum absolute atomic E-state index is 12.8. The van der Waals surface area contributed by atoms with Gasteiger partial charge in [-0.3, -0.25) is 4.79 Å². The molecule has 3 aromatic heterocycles. The highest BCUT2D eigenvalue weighted by atomic mass is 32.1. The van der Waals surface area contributed by atoms with Gasteiger partial charge in [0.25, 0.3) is 5.91 Å². The van der Waals surface area contributed by atoms with Crippen molar-refractivity contribution >= 4 is 44.2 Å². The van der Waals surface area contributed by atoms with Gasteiger partial charge in [0.2, 0.25) is 5.13 Å². The van der Waals surface area contributed by atoms with Crippen molar-refractivity contribution < 1.29 is 13.9 Å². The number of carbonyl (C=O) groups excluding carboxylic acids is 1. The largest absolute Gasteiger partial charge is 0.497 e. The molecule has 0 aliphatic rings. The Bertz CT molecular complexity index is 1330. The quantitative estimate of drug-likeness (QED) is 0.465. The number of aryl methyl sites for hydroxylation is 1. The molecule has 1 amide bonds. The van der Waals surface area contributed by atoms with Crippen molar-refractivity contribution in [2.75, 3.05) is 12.4 Å². The number of benzene rings is 2. The van der Waals surface area contributed by atoms with E-state index in [9.17, 15) is 4.79 Å². The standard InChI is InChI=1S/C21H16N4O3S/c1-12-9-19(23-20(26)17-10-13-5-3-4-6-16(13)28-17)25(24-12)21-22-15-11-14(27-2)7-8-18(15)29-21/h3-11H,1-2H3,(H,23,26). The van der Waals surface area contributed by atoms with Crippen LogP contribution in [-0.2, 0) is 0 Å². The smallest absolute Gasteiger partial charge is 0.292 e. The highest BCUT2D eigenvalue weighted by Gasteiger charge is 2.18. The average molecular weight is 404 g/mol. The molecule has 0 unspecified atom stereocenters. The molecule has 0 bridgehead atoms. The number of rotatable bonds is 4. The number of anilines is 1. The molecule has 2 aromatic carbocycles. The summed E-state index contributed by atoms with van der Waals surface area (Å²) in [6.07, 6.45) is 0. The van der Waals surface area contributed by atoms with Crippen LogP contribution in [0.5, 0.6) is 5.75 Å². The Kier molecular flexibility index (Phi) is 4.06. The molecular weight excluding hydrogens is 388 g/mol. The third kappa shape index (κ3) is 3.13. The number of furan rings is 1. The van der Waals surface area contributed by atoms with Crippen LogP contribution in [0.2, 0.25) is 0 Å². The topological polar surface area (TPSA) is 82.2 Å². The summed E-state index contributed by atoms with van der Waals surface area (Å²) in [6, 6.07) is 16.7. The molecular formula is C21H16N4O3S. The highest BCUT2D eigenvalue weighted by Crippen LogP contribution is 2.30. The van der Waals surface area contributed by atoms with Crippen LogP contribution >= 0.6 is 11.3 Å². The minimum atomic E-state index is -0.342. The van der Waals surface area contributed by atoms with Gasteiger partial charge in [-0.05, 0) is 31.2 Å². The van der Waals surface area contributed by atoms with Gasteiger partial charge in [-0.2, -0.15) is 9.78 Å². The maximum atomic E-state index is 12.8. The van der Waals surface area contributed by atoms with Crippen molar-refractivity contribution in [1.29, 1.82) is 0 Å². The van der Waals surface area contributed by atoms with E-state index in [1.807, 2.05) is 49.4 Å². The van der Waals surface area contributed by atoms with E-state index in [0.29, 0.717) is 16.5 Å². The number of nitrogens with one attached hydrogen (secondary N) is 1. The van der Waals surface area contributed by atoms with Gasteiger partial charge in [0.1, 0.15) is 17.2 Å². The zero-order chi connectivity index (χ0) is 20.0. The average Bonchev–Trinajstić information content (AvgIpc) is 3.42. The minimum Gasteiger partial charge on any atom is -0.497 e. The molecule has 3 heterocycles. The molecule has 7 nitrogen and oxygen atoms in total. The van der Waals surface area contributed by atoms with Gasteiger partial charge >= 0.3 is 0 Å². The normalized spacial score (nSPS) is 11.2. The second-order valence-corrected chi connectivity index (χ2v) is 7.52. The van der Waals surface area contributed by atoms with Crippen LogP contribution < -0.4 is 10.1 Å². The van der Waals surface area contributed by atoms with Gasteiger partial charge in [-0.25, -0.2) is 4.98 Å². The summed E-state index contributed by atoms with van der Waals surface area (Å²) < 4.78 is 13.6. The summed E-state index contributed by atoms with van der Waals surface area (Å²) in [5.41, 5.74) is 2.25. The van der Waals surface area contributed by atoms with Gasteiger partial charge in [-0.15, -0.1) is 0 Å². The van der Waals surface area contributed by atoms with Crippen LogP contribution in [0.4, 0.5) is 5.82 Å². The van der Waals surface area contributed by atoms with E-state index in [4.69, 9.17) is 9.15 Å². The van der Waals surface area contributed by atoms with Crippen LogP contribution in [0.1, 0.15) is 16.2 Å². The van der Waals surface area contributed by atoms with Gasteiger partial charge in [0.15, 0.2) is 5.76 Å². The molecule has 8 heteroatoms. The Morgan fingerprint density at radius 2 is 2.03 bits per heavy atom. The lowest BCUT2D eigenvalue weighted by Gasteiger charge is -2.04. The molecule has 0 fully saturated rings. The van der Waals surface area contributed by atoms with Gasteiger partial charge < -0.3 is 14.5 Å². The van der Waals surface area contributed by atoms with Crippen molar-refractivity contribution in [3.05, 3.63) is 66.1 Å². The van der Waals surface area contributed by atoms with Gasteiger partial charge in [-0.1, -0.05) is 29.5 Å². The predicted molar refractivity (Wildman–Crippen MR) is 112 cm³/mol. The number of fused-ring (bicyclic) bond motifs is 2. The Hall–Kier alpha value is -3.65. The number of nitrogens with zero attached hydrogens (tertiary/aromatic N) is 3. The zero-order valence-corrected chi connectivity index (χ0v) is 16.5. The number of carbonyl (C=O) groups is 1. The van der Waals surface area contributed by atoms with Crippen LogP contribution in [0.3, 0.4) is 0 Å². The first-order chi connectivity index (χ1) is 14.1. The molecule has 5 aromatic rings. The number of hydrogen-bond acceptors (Lipinski definition) is 6. The van der Waals surface area contributed by atoms with Gasteiger partial charge in [0, 0.05) is 17.5 Å². The maximum Gasteiger partial charge on any atom is 0.292 e. The lowest BCUT2D eigenvalue weighted by Crippen LogP contribution is -2.14. The van der Waals surface area contributed by atoms with Gasteiger partial charge in [0.05, 0.1) is 23.0 Å². The molecule has 5 rings (SSSR count). The summed E-state index contributed by atoms with van der Waals surface area (Å²) in [6.45, 7) is 1.86. The summed E-state index contributed by atoms with van der Waals surface area (Å²) in [5, 5.41) is 8.91. The zero-order valence-electron chi connectivity index (χ0n) is 15.7. The number of ether oxygens (including phenoxy) is 1. The number of amides is 1. The molecule has 0 atom stereocenters. The lowest BCUT2D eigenvalue weighted by atomic mass is 10.2. The van der Waals surface area contributed by atoms with Crippen LogP contribution in [0.25, 0.3) is 26.3 Å². The number of para-hydroxylation sites is 1. The number of thiazole rings is 1. The lowest BCUT2D eigenvalue weighted by molar-refractivity contribution is 0.0998. The molecule has 0 radical (unpaired) electrons. The first-order valence-corrected chi connectivity index (χ1v) is 9.74. The molecule has 0 aliphatic heterocycles. The third-order valence-corrected chi connectivity index (χ3v) is 5.50. The first-order valence-electron chi connectivity index (χ1n) is 8.92. The van der Waals surface area contributed by atoms with Crippen molar-refractivity contribution in [2.24, 2.45) is 0 Å². The molecule has 144 valence electrons. The van der Waals surface area contributed by atoms with E-state index < -0.39 is 0 Å². The van der Waals surface area contributed by atoms with E-state index in [-0.39, 0.29) is 11.7 Å². The van der Waals surface area contributed by atoms with Crippen molar-refractivity contribution in [1.82, 2.24) is 14.8 Å². The van der Waals surface area contributed by atoms with E-state index in [2.05, 4.69) is 15.4 Å². The summed E-state index contributed by atoms with van der Waals surface area (Å²) in [5.74, 6) is 1.17. The fraction of sp³-hybridized carbons (Fsp3) is 0.0952. The Morgan fingerprint density at radius 3 is 2.86 bits per heavy atom. The molecule has 29 heavy (non-hydrogen) atoms. The van der Waals surface area contributed by atoms with Crippen LogP contribution in [-0.4, -0.2) is 27.8 Å². The van der Waals surface area contributed by atoms with E-state index in [0.717, 1.165) is 27.0 Å². The molecule has 0 saturated carbocycles. The van der Waals surface area contributed by atoms with Crippen molar-refractivity contribution in [3.8, 4) is 10.9 Å². The van der Waals surface area contributed by atoms with Crippen LogP contribution in [0.15, 0.2) is 59.0 Å². The minimum absolute atomic E-state index is 0.241. The van der Waals surface area contributed by atoms with Crippen molar-refractivity contribution in [2.45, 2.75) is 6.92 Å². The third-order valence-electron chi connectivity index (χ3n) is 4.49. The summed E-state index contributed by atoms with van der Waals surface area (Å²) in [4.78, 5) is 17.4. The van der Waals surface area contributed by atoms with Crippen LogP contribution in [0, 0.1) is 6.92 Å². The fourth-order valence-corrected chi connectivity index (χ4v) is 4.03. The van der Waals surface area contributed by atoms with Crippen molar-refractivity contribution in [3.63, 3.8) is 0 Å². The van der Waals surface area contributed by atoms with E-state index >= 15 is 0 Å². The predicted octanol–water partition coefficient (Wildman–Crippen LogP) is 4.80. The second kappa shape index (κ2) is 6.75. The Labute approximate surface area is 169 Å². The highest BCUT2D eigenvalue weighted by molar-refractivity contribution is 7.20. The Morgan fingerprint density at radius 1 is 1.17 bits per heavy atom. The molecule has 0 saturated heterocycles. The second-order valence-electron chi connectivity index (χ2n) is 6.52. The fourth-order valence-electron chi connectivity index (χ4n) is 3.12. The van der Waals surface area contributed by atoms with E-state index in [1.165, 1.54) is 11.3 Å². The first kappa shape index (κ1) is 17.4. The number of aromatic nitrogens is 3.